The number of carbonyl (C=O) groups excluding carboxylic acids is 1. The summed E-state index contributed by atoms with van der Waals surface area (Å²) in [6.07, 6.45) is 1.31. The highest BCUT2D eigenvalue weighted by molar-refractivity contribution is 5.90. The smallest absolute Gasteiger partial charge is 0.329 e. The molecule has 0 fully saturated rings. The van der Waals surface area contributed by atoms with E-state index in [1.807, 2.05) is 6.07 Å². The van der Waals surface area contributed by atoms with Gasteiger partial charge in [0.05, 0.1) is 0 Å². The highest BCUT2D eigenvalue weighted by Crippen LogP contribution is 2.04. The molecule has 0 saturated heterocycles. The number of hydrogen-bond donors (Lipinski definition) is 2. The highest BCUT2D eigenvalue weighted by atomic mass is 16.2. The lowest BCUT2D eigenvalue weighted by molar-refractivity contribution is -0.116. The number of rotatable bonds is 5. The number of anilines is 1. The predicted octanol–water partition coefficient (Wildman–Crippen LogP) is -0.393. The Labute approximate surface area is 120 Å². The largest absolute Gasteiger partial charge is 0.331 e. The summed E-state index contributed by atoms with van der Waals surface area (Å²) in [6.45, 7) is 0.132. The fraction of sp³-hybridized carbons (Fsp3) is 0.214. The lowest BCUT2D eigenvalue weighted by Gasteiger charge is -2.09. The monoisotopic (exact) mass is 288 g/mol. The van der Waals surface area contributed by atoms with Gasteiger partial charge in [0, 0.05) is 31.0 Å². The molecule has 0 unspecified atom stereocenters. The van der Waals surface area contributed by atoms with Crippen LogP contribution in [0.25, 0.3) is 0 Å². The molecule has 2 rings (SSSR count). The Morgan fingerprint density at radius 3 is 2.52 bits per heavy atom. The minimum Gasteiger partial charge on any atom is -0.329 e. The summed E-state index contributed by atoms with van der Waals surface area (Å²) >= 11 is 0. The van der Waals surface area contributed by atoms with Gasteiger partial charge in [-0.05, 0) is 12.1 Å². The Balaban J connectivity index is 2.16. The number of nitrogens with one attached hydrogen (secondary N) is 1. The summed E-state index contributed by atoms with van der Waals surface area (Å²) < 4.78 is 2.19. The standard InChI is InChI=1S/C14H16N4O3/c15-7-9-18-13(20)6-8-17(14(18)21)10-12(19)16-11-4-2-1-3-5-11/h1-6,8H,7,9-10,15H2,(H,16,19). The molecule has 0 radical (unpaired) electrons. The first-order valence-electron chi connectivity index (χ1n) is 6.47. The van der Waals surface area contributed by atoms with Gasteiger partial charge in [0.15, 0.2) is 0 Å². The van der Waals surface area contributed by atoms with Gasteiger partial charge in [-0.3, -0.25) is 18.7 Å². The fourth-order valence-corrected chi connectivity index (χ4v) is 1.89. The van der Waals surface area contributed by atoms with Crippen LogP contribution in [0.1, 0.15) is 0 Å². The van der Waals surface area contributed by atoms with E-state index in [1.165, 1.54) is 16.8 Å². The van der Waals surface area contributed by atoms with E-state index in [9.17, 15) is 14.4 Å². The molecule has 2 aromatic rings. The van der Waals surface area contributed by atoms with Crippen LogP contribution in [0.15, 0.2) is 52.2 Å². The van der Waals surface area contributed by atoms with Gasteiger partial charge in [0.1, 0.15) is 6.54 Å². The van der Waals surface area contributed by atoms with Gasteiger partial charge in [0.25, 0.3) is 5.56 Å². The average Bonchev–Trinajstić information content (AvgIpc) is 2.47. The molecule has 0 aliphatic heterocycles. The SMILES string of the molecule is NCCn1c(=O)ccn(CC(=O)Nc2ccccc2)c1=O. The zero-order chi connectivity index (χ0) is 15.2. The minimum absolute atomic E-state index is 0.124. The van der Waals surface area contributed by atoms with Crippen LogP contribution in [-0.4, -0.2) is 21.6 Å². The number of benzene rings is 1. The second-order valence-corrected chi connectivity index (χ2v) is 4.42. The molecule has 1 aromatic carbocycles. The molecular weight excluding hydrogens is 272 g/mol. The van der Waals surface area contributed by atoms with E-state index in [2.05, 4.69) is 5.32 Å². The van der Waals surface area contributed by atoms with E-state index in [1.54, 1.807) is 24.3 Å². The molecule has 0 bridgehead atoms. The van der Waals surface area contributed by atoms with E-state index < -0.39 is 11.2 Å². The van der Waals surface area contributed by atoms with E-state index in [0.717, 1.165) is 4.57 Å². The van der Waals surface area contributed by atoms with E-state index in [-0.39, 0.29) is 25.5 Å². The molecule has 0 aliphatic carbocycles. The molecule has 1 aromatic heterocycles. The van der Waals surface area contributed by atoms with Crippen molar-refractivity contribution in [1.82, 2.24) is 9.13 Å². The summed E-state index contributed by atoms with van der Waals surface area (Å²) in [5.41, 5.74) is 5.04. The Morgan fingerprint density at radius 2 is 1.86 bits per heavy atom. The van der Waals surface area contributed by atoms with Crippen LogP contribution in [0, 0.1) is 0 Å². The van der Waals surface area contributed by atoms with Crippen molar-refractivity contribution in [3.8, 4) is 0 Å². The Kier molecular flexibility index (Phi) is 4.68. The molecule has 0 saturated carbocycles. The van der Waals surface area contributed by atoms with Crippen LogP contribution in [0.4, 0.5) is 5.69 Å². The van der Waals surface area contributed by atoms with Gasteiger partial charge in [0.2, 0.25) is 5.91 Å². The van der Waals surface area contributed by atoms with Crippen molar-refractivity contribution in [2.75, 3.05) is 11.9 Å². The zero-order valence-electron chi connectivity index (χ0n) is 11.4. The molecule has 1 heterocycles. The van der Waals surface area contributed by atoms with Crippen molar-refractivity contribution in [2.45, 2.75) is 13.1 Å². The van der Waals surface area contributed by atoms with Crippen molar-refractivity contribution >= 4 is 11.6 Å². The van der Waals surface area contributed by atoms with Crippen molar-refractivity contribution < 1.29 is 4.79 Å². The van der Waals surface area contributed by atoms with Crippen molar-refractivity contribution in [3.63, 3.8) is 0 Å². The molecule has 7 nitrogen and oxygen atoms in total. The number of nitrogens with zero attached hydrogens (tertiary/aromatic N) is 2. The lowest BCUT2D eigenvalue weighted by Crippen LogP contribution is -2.41. The Hall–Kier alpha value is -2.67. The van der Waals surface area contributed by atoms with Gasteiger partial charge < -0.3 is 11.1 Å². The molecule has 7 heteroatoms. The summed E-state index contributed by atoms with van der Waals surface area (Å²) in [7, 11) is 0. The summed E-state index contributed by atoms with van der Waals surface area (Å²) in [4.78, 5) is 35.5. The molecule has 0 aliphatic rings. The molecule has 1 amide bonds. The van der Waals surface area contributed by atoms with Gasteiger partial charge in [-0.25, -0.2) is 4.79 Å². The average molecular weight is 288 g/mol. The summed E-state index contributed by atoms with van der Waals surface area (Å²) in [5, 5.41) is 2.67. The quantitative estimate of drug-likeness (QED) is 0.782. The van der Waals surface area contributed by atoms with Gasteiger partial charge >= 0.3 is 5.69 Å². The molecular formula is C14H16N4O3. The van der Waals surface area contributed by atoms with Gasteiger partial charge in [-0.15, -0.1) is 0 Å². The third kappa shape index (κ3) is 3.67. The molecule has 0 spiro atoms. The van der Waals surface area contributed by atoms with Crippen molar-refractivity contribution in [2.24, 2.45) is 5.73 Å². The number of aromatic nitrogens is 2. The minimum atomic E-state index is -0.545. The normalized spacial score (nSPS) is 10.3. The maximum atomic E-state index is 12.1. The number of nitrogens with two attached hydrogens (primary N) is 1. The predicted molar refractivity (Wildman–Crippen MR) is 79.1 cm³/mol. The fourth-order valence-electron chi connectivity index (χ4n) is 1.89. The maximum Gasteiger partial charge on any atom is 0.331 e. The maximum absolute atomic E-state index is 12.1. The lowest BCUT2D eigenvalue weighted by atomic mass is 10.3. The number of carbonyl (C=O) groups is 1. The Morgan fingerprint density at radius 1 is 1.14 bits per heavy atom. The van der Waals surface area contributed by atoms with Gasteiger partial charge in [-0.2, -0.15) is 0 Å². The molecule has 3 N–H and O–H groups in total. The molecule has 21 heavy (non-hydrogen) atoms. The van der Waals surface area contributed by atoms with Crippen LogP contribution in [-0.2, 0) is 17.9 Å². The third-order valence-corrected chi connectivity index (χ3v) is 2.86. The molecule has 0 atom stereocenters. The summed E-state index contributed by atoms with van der Waals surface area (Å²) in [6, 6.07) is 10.2. The van der Waals surface area contributed by atoms with Crippen LogP contribution in [0.3, 0.4) is 0 Å². The van der Waals surface area contributed by atoms with Crippen molar-refractivity contribution in [1.29, 1.82) is 0 Å². The van der Waals surface area contributed by atoms with Crippen LogP contribution in [0.5, 0.6) is 0 Å². The molecule has 110 valence electrons. The number of amides is 1. The number of para-hydroxylation sites is 1. The first-order chi connectivity index (χ1) is 10.1. The highest BCUT2D eigenvalue weighted by Gasteiger charge is 2.08. The Bertz CT molecular complexity index is 734. The van der Waals surface area contributed by atoms with E-state index >= 15 is 0 Å². The van der Waals surface area contributed by atoms with Gasteiger partial charge in [-0.1, -0.05) is 18.2 Å². The zero-order valence-corrected chi connectivity index (χ0v) is 11.4. The van der Waals surface area contributed by atoms with E-state index in [0.29, 0.717) is 5.69 Å². The first-order valence-corrected chi connectivity index (χ1v) is 6.47. The van der Waals surface area contributed by atoms with Crippen LogP contribution < -0.4 is 22.3 Å². The second-order valence-electron chi connectivity index (χ2n) is 4.42. The topological polar surface area (TPSA) is 99.1 Å². The first kappa shape index (κ1) is 14.7. The van der Waals surface area contributed by atoms with Crippen LogP contribution in [0.2, 0.25) is 0 Å². The summed E-state index contributed by atoms with van der Waals surface area (Å²) in [5.74, 6) is -0.346. The van der Waals surface area contributed by atoms with Crippen molar-refractivity contribution in [3.05, 3.63) is 63.4 Å². The number of hydrogen-bond acceptors (Lipinski definition) is 4. The third-order valence-electron chi connectivity index (χ3n) is 2.86. The van der Waals surface area contributed by atoms with Crippen LogP contribution >= 0.6 is 0 Å². The van der Waals surface area contributed by atoms with E-state index in [4.69, 9.17) is 5.73 Å². The second kappa shape index (κ2) is 6.67.